The number of benzene rings is 7. The normalized spacial score (nSPS) is 13.5. The summed E-state index contributed by atoms with van der Waals surface area (Å²) >= 11 is 0.305. The number of hydrogen-bond donors (Lipinski definition) is 0. The third kappa shape index (κ3) is 3.58. The predicted molar refractivity (Wildman–Crippen MR) is 186 cm³/mol. The van der Waals surface area contributed by atoms with Gasteiger partial charge < -0.3 is 0 Å². The molecule has 0 spiro atoms. The topological polar surface area (TPSA) is 3.24 Å². The first kappa shape index (κ1) is 24.9. The Bertz CT molecular complexity index is 2380. The molecule has 1 aliphatic rings. The Kier molecular flexibility index (Phi) is 5.33. The summed E-state index contributed by atoms with van der Waals surface area (Å²) in [7, 11) is 0. The van der Waals surface area contributed by atoms with Gasteiger partial charge in [-0.2, -0.15) is 0 Å². The molecule has 0 atom stereocenters. The van der Waals surface area contributed by atoms with E-state index in [2.05, 4.69) is 158 Å². The molecule has 0 amide bonds. The van der Waals surface area contributed by atoms with E-state index in [0.29, 0.717) is 14.5 Å². The van der Waals surface area contributed by atoms with Gasteiger partial charge in [0, 0.05) is 0 Å². The Morgan fingerprint density at radius 2 is 1.26 bits per heavy atom. The summed E-state index contributed by atoms with van der Waals surface area (Å²) in [4.78, 5) is 2.45. The van der Waals surface area contributed by atoms with Gasteiger partial charge in [0.1, 0.15) is 0 Å². The van der Waals surface area contributed by atoms with Crippen molar-refractivity contribution in [3.8, 4) is 11.1 Å². The maximum absolute atomic E-state index is 2.45. The van der Waals surface area contributed by atoms with E-state index in [0.717, 1.165) is 5.69 Å². The molecule has 2 heteroatoms. The molecule has 1 aliphatic carbocycles. The number of hydrogen-bond acceptors (Lipinski definition) is 1. The summed E-state index contributed by atoms with van der Waals surface area (Å²) in [5, 5.41) is 8.18. The molecule has 1 heterocycles. The molecule has 1 nitrogen and oxygen atoms in total. The quantitative estimate of drug-likeness (QED) is 0.141. The van der Waals surface area contributed by atoms with Gasteiger partial charge in [-0.05, 0) is 0 Å². The molecule has 0 bridgehead atoms. The summed E-state index contributed by atoms with van der Waals surface area (Å²) in [6, 6.07) is 51.9. The fourth-order valence-electron chi connectivity index (χ4n) is 7.38. The predicted octanol–water partition coefficient (Wildman–Crippen LogP) is 11.1. The van der Waals surface area contributed by atoms with Crippen molar-refractivity contribution < 1.29 is 0 Å². The van der Waals surface area contributed by atoms with Crippen molar-refractivity contribution in [3.05, 3.63) is 151 Å². The van der Waals surface area contributed by atoms with Gasteiger partial charge >= 0.3 is 252 Å². The summed E-state index contributed by atoms with van der Waals surface area (Å²) in [5.74, 6) is 0. The maximum atomic E-state index is 2.45. The zero-order chi connectivity index (χ0) is 28.7. The Morgan fingerprint density at radius 3 is 2.16 bits per heavy atom. The third-order valence-corrected chi connectivity index (χ3v) is 12.0. The molecule has 8 aromatic rings. The third-order valence-electron chi connectivity index (χ3n) is 9.43. The van der Waals surface area contributed by atoms with Crippen molar-refractivity contribution in [1.82, 2.24) is 0 Å². The molecule has 0 unspecified atom stereocenters. The van der Waals surface area contributed by atoms with Crippen molar-refractivity contribution in [2.75, 3.05) is 4.90 Å². The van der Waals surface area contributed by atoms with Gasteiger partial charge in [-0.1, -0.05) is 6.07 Å². The Morgan fingerprint density at radius 1 is 0.535 bits per heavy atom. The average molecular weight is 615 g/mol. The minimum atomic E-state index is -0.0493. The summed E-state index contributed by atoms with van der Waals surface area (Å²) in [6.45, 7) is 4.71. The average Bonchev–Trinajstić information content (AvgIpc) is 3.54. The van der Waals surface area contributed by atoms with E-state index in [-0.39, 0.29) is 5.41 Å². The molecule has 9 rings (SSSR count). The van der Waals surface area contributed by atoms with E-state index in [1.807, 2.05) is 0 Å². The first-order chi connectivity index (χ1) is 21.1. The van der Waals surface area contributed by atoms with E-state index in [9.17, 15) is 0 Å². The fourth-order valence-corrected chi connectivity index (χ4v) is 10.1. The fraction of sp³-hybridized carbons (Fsp3) is 0.0732. The van der Waals surface area contributed by atoms with Crippen molar-refractivity contribution >= 4 is 72.4 Å². The van der Waals surface area contributed by atoms with Gasteiger partial charge in [-0.25, -0.2) is 0 Å². The SMILES string of the molecule is CC1(C)c2ccccc2-c2c(N(c3ccccc3)c3ccc4c(ccc5ccc6c7ccccc7[se]c6c54)c3)cccc21. The van der Waals surface area contributed by atoms with Gasteiger partial charge in [0.2, 0.25) is 0 Å². The van der Waals surface area contributed by atoms with Crippen LogP contribution in [0.25, 0.3) is 52.0 Å². The van der Waals surface area contributed by atoms with Crippen molar-refractivity contribution in [2.24, 2.45) is 0 Å². The molecule has 0 N–H and O–H groups in total. The Labute approximate surface area is 257 Å². The van der Waals surface area contributed by atoms with Crippen LogP contribution in [0.5, 0.6) is 0 Å². The molecule has 0 fully saturated rings. The second-order valence-corrected chi connectivity index (χ2v) is 14.4. The van der Waals surface area contributed by atoms with Gasteiger partial charge in [-0.15, -0.1) is 0 Å². The summed E-state index contributed by atoms with van der Waals surface area (Å²) in [6.07, 6.45) is 0. The zero-order valence-electron chi connectivity index (χ0n) is 24.1. The van der Waals surface area contributed by atoms with Crippen molar-refractivity contribution in [1.29, 1.82) is 0 Å². The van der Waals surface area contributed by atoms with Crippen LogP contribution in [-0.4, -0.2) is 14.5 Å². The van der Waals surface area contributed by atoms with Crippen molar-refractivity contribution in [2.45, 2.75) is 19.3 Å². The second kappa shape index (κ2) is 9.19. The van der Waals surface area contributed by atoms with Gasteiger partial charge in [0.05, 0.1) is 0 Å². The van der Waals surface area contributed by atoms with Gasteiger partial charge in [0.15, 0.2) is 0 Å². The van der Waals surface area contributed by atoms with E-state index in [1.54, 1.807) is 0 Å². The number of rotatable bonds is 3. The molecule has 0 radical (unpaired) electrons. The molecule has 0 saturated heterocycles. The van der Waals surface area contributed by atoms with Crippen LogP contribution in [-0.2, 0) is 5.41 Å². The molecule has 0 saturated carbocycles. The number of nitrogens with zero attached hydrogens (tertiary/aromatic N) is 1. The molecular formula is C41H29NSe. The van der Waals surface area contributed by atoms with Gasteiger partial charge in [-0.3, -0.25) is 0 Å². The summed E-state index contributed by atoms with van der Waals surface area (Å²) < 4.78 is 3.01. The van der Waals surface area contributed by atoms with Gasteiger partial charge in [0.25, 0.3) is 0 Å². The van der Waals surface area contributed by atoms with Crippen LogP contribution in [0.4, 0.5) is 17.1 Å². The molecule has 0 aliphatic heterocycles. The second-order valence-electron chi connectivity index (χ2n) is 12.2. The number of anilines is 3. The molecule has 204 valence electrons. The van der Waals surface area contributed by atoms with E-state index in [4.69, 9.17) is 0 Å². The number of para-hydroxylation sites is 1. The van der Waals surface area contributed by atoms with Crippen LogP contribution < -0.4 is 4.90 Å². The standard InChI is InChI=1S/C41H29NSe/c1-41(2)34-15-8-6-14-33(34)39-35(41)16-10-17-36(39)42(28-11-4-3-5-12-28)29-22-24-30-27(25-29)20-19-26-21-23-32-31-13-7-9-18-37(31)43-40(32)38(26)30/h3-25H,1-2H3. The van der Waals surface area contributed by atoms with Crippen LogP contribution in [0, 0.1) is 0 Å². The van der Waals surface area contributed by atoms with Crippen LogP contribution in [0.2, 0.25) is 0 Å². The van der Waals surface area contributed by atoms with Crippen LogP contribution >= 0.6 is 0 Å². The molecular weight excluding hydrogens is 585 g/mol. The van der Waals surface area contributed by atoms with Crippen molar-refractivity contribution in [3.63, 3.8) is 0 Å². The Balaban J connectivity index is 1.31. The number of fused-ring (bicyclic) bond motifs is 10. The molecule has 43 heavy (non-hydrogen) atoms. The first-order valence-electron chi connectivity index (χ1n) is 14.9. The van der Waals surface area contributed by atoms with E-state index < -0.39 is 0 Å². The van der Waals surface area contributed by atoms with Crippen LogP contribution in [0.15, 0.2) is 140 Å². The van der Waals surface area contributed by atoms with Crippen LogP contribution in [0.1, 0.15) is 25.0 Å². The minimum absolute atomic E-state index is 0.0493. The molecule has 1 aromatic heterocycles. The van der Waals surface area contributed by atoms with E-state index in [1.165, 1.54) is 74.5 Å². The van der Waals surface area contributed by atoms with Crippen LogP contribution in [0.3, 0.4) is 0 Å². The Hall–Kier alpha value is -4.62. The summed E-state index contributed by atoms with van der Waals surface area (Å²) in [5.41, 5.74) is 8.97. The first-order valence-corrected chi connectivity index (χ1v) is 16.7. The molecule has 7 aromatic carbocycles. The van der Waals surface area contributed by atoms with E-state index >= 15 is 0 Å². The zero-order valence-corrected chi connectivity index (χ0v) is 25.8. The monoisotopic (exact) mass is 615 g/mol.